The summed E-state index contributed by atoms with van der Waals surface area (Å²) in [5.74, 6) is -3.09. The molecule has 0 radical (unpaired) electrons. The minimum atomic E-state index is -1.20. The summed E-state index contributed by atoms with van der Waals surface area (Å²) < 4.78 is 13.9. The molecule has 2 amide bonds. The molecular formula is C14H15FN2O4. The normalized spacial score (nSPS) is 18.3. The average molecular weight is 294 g/mol. The Balaban J connectivity index is 2.30. The van der Waals surface area contributed by atoms with Crippen LogP contribution in [0.2, 0.25) is 0 Å². The van der Waals surface area contributed by atoms with Crippen LogP contribution in [0, 0.1) is 12.7 Å². The summed E-state index contributed by atoms with van der Waals surface area (Å²) >= 11 is 0. The number of hydrogen-bond acceptors (Lipinski definition) is 3. The number of amides is 2. The largest absolute Gasteiger partial charge is 0.481 e. The van der Waals surface area contributed by atoms with Gasteiger partial charge < -0.3 is 15.3 Å². The monoisotopic (exact) mass is 294 g/mol. The molecule has 1 fully saturated rings. The van der Waals surface area contributed by atoms with Crippen LogP contribution in [-0.4, -0.2) is 46.9 Å². The molecule has 2 N–H and O–H groups in total. The molecule has 112 valence electrons. The summed E-state index contributed by atoms with van der Waals surface area (Å²) in [4.78, 5) is 36.1. The molecule has 7 heteroatoms. The number of carbonyl (C=O) groups excluding carboxylic acids is 2. The molecule has 1 saturated heterocycles. The maximum Gasteiger partial charge on any atom is 0.305 e. The van der Waals surface area contributed by atoms with Crippen molar-refractivity contribution in [2.75, 3.05) is 13.1 Å². The van der Waals surface area contributed by atoms with Gasteiger partial charge in [-0.3, -0.25) is 14.4 Å². The van der Waals surface area contributed by atoms with Crippen molar-refractivity contribution < 1.29 is 23.9 Å². The molecule has 6 nitrogen and oxygen atoms in total. The SMILES string of the molecule is Cc1ccc(C(=O)N2CCNC(=O)C2CC(=O)O)c(F)c1. The summed E-state index contributed by atoms with van der Waals surface area (Å²) in [7, 11) is 0. The molecule has 1 aliphatic heterocycles. The minimum absolute atomic E-state index is 0.149. The van der Waals surface area contributed by atoms with Crippen molar-refractivity contribution in [3.63, 3.8) is 0 Å². The summed E-state index contributed by atoms with van der Waals surface area (Å²) in [5.41, 5.74) is 0.508. The predicted molar refractivity (Wildman–Crippen MR) is 71.2 cm³/mol. The van der Waals surface area contributed by atoms with Crippen molar-refractivity contribution in [3.05, 3.63) is 35.1 Å². The Morgan fingerprint density at radius 1 is 1.48 bits per heavy atom. The van der Waals surface area contributed by atoms with Crippen molar-refractivity contribution >= 4 is 17.8 Å². The van der Waals surface area contributed by atoms with Gasteiger partial charge in [0.1, 0.15) is 11.9 Å². The number of aryl methyl sites for hydroxylation is 1. The lowest BCUT2D eigenvalue weighted by Crippen LogP contribution is -2.57. The zero-order valence-corrected chi connectivity index (χ0v) is 11.4. The molecule has 0 aromatic heterocycles. The molecular weight excluding hydrogens is 279 g/mol. The highest BCUT2D eigenvalue weighted by atomic mass is 19.1. The fourth-order valence-electron chi connectivity index (χ4n) is 2.27. The fraction of sp³-hybridized carbons (Fsp3) is 0.357. The number of rotatable bonds is 3. The number of nitrogens with zero attached hydrogens (tertiary/aromatic N) is 1. The molecule has 1 aromatic carbocycles. The van der Waals surface area contributed by atoms with Crippen LogP contribution >= 0.6 is 0 Å². The predicted octanol–water partition coefficient (Wildman–Crippen LogP) is 0.549. The number of carboxylic acids is 1. The third-order valence-corrected chi connectivity index (χ3v) is 3.31. The standard InChI is InChI=1S/C14H15FN2O4/c1-8-2-3-9(10(15)6-8)14(21)17-5-4-16-13(20)11(17)7-12(18)19/h2-3,6,11H,4-5,7H2,1H3,(H,16,20)(H,18,19). The molecule has 1 unspecified atom stereocenters. The molecule has 2 rings (SSSR count). The van der Waals surface area contributed by atoms with E-state index in [1.165, 1.54) is 12.1 Å². The van der Waals surface area contributed by atoms with Crippen LogP contribution in [-0.2, 0) is 9.59 Å². The number of carboxylic acid groups (broad SMARTS) is 1. The Bertz CT molecular complexity index is 603. The molecule has 0 bridgehead atoms. The maximum atomic E-state index is 13.9. The van der Waals surface area contributed by atoms with E-state index in [0.29, 0.717) is 5.56 Å². The van der Waals surface area contributed by atoms with E-state index >= 15 is 0 Å². The van der Waals surface area contributed by atoms with Crippen molar-refractivity contribution in [3.8, 4) is 0 Å². The zero-order chi connectivity index (χ0) is 15.6. The summed E-state index contributed by atoms with van der Waals surface area (Å²) in [5, 5.41) is 11.4. The van der Waals surface area contributed by atoms with Crippen LogP contribution in [0.3, 0.4) is 0 Å². The van der Waals surface area contributed by atoms with Crippen LogP contribution in [0.15, 0.2) is 18.2 Å². The second kappa shape index (κ2) is 5.90. The lowest BCUT2D eigenvalue weighted by Gasteiger charge is -2.34. The third-order valence-electron chi connectivity index (χ3n) is 3.31. The Kier molecular flexibility index (Phi) is 4.21. The van der Waals surface area contributed by atoms with E-state index in [9.17, 15) is 18.8 Å². The van der Waals surface area contributed by atoms with Gasteiger partial charge in [-0.15, -0.1) is 0 Å². The second-order valence-electron chi connectivity index (χ2n) is 4.89. The summed E-state index contributed by atoms with van der Waals surface area (Å²) in [6, 6.07) is 3.04. The Morgan fingerprint density at radius 2 is 2.19 bits per heavy atom. The van der Waals surface area contributed by atoms with Crippen molar-refractivity contribution in [2.45, 2.75) is 19.4 Å². The number of nitrogens with one attached hydrogen (secondary N) is 1. The lowest BCUT2D eigenvalue weighted by molar-refractivity contribution is -0.142. The topological polar surface area (TPSA) is 86.7 Å². The molecule has 0 saturated carbocycles. The van der Waals surface area contributed by atoms with E-state index in [1.807, 2.05) is 0 Å². The number of hydrogen-bond donors (Lipinski definition) is 2. The van der Waals surface area contributed by atoms with Crippen LogP contribution in [0.1, 0.15) is 22.3 Å². The molecule has 0 aliphatic carbocycles. The highest BCUT2D eigenvalue weighted by Gasteiger charge is 2.35. The van der Waals surface area contributed by atoms with E-state index in [1.54, 1.807) is 13.0 Å². The quantitative estimate of drug-likeness (QED) is 0.852. The number of aliphatic carboxylic acids is 1. The van der Waals surface area contributed by atoms with E-state index < -0.39 is 36.1 Å². The Morgan fingerprint density at radius 3 is 2.81 bits per heavy atom. The molecule has 1 aliphatic rings. The van der Waals surface area contributed by atoms with Gasteiger partial charge in [-0.25, -0.2) is 4.39 Å². The first-order valence-electron chi connectivity index (χ1n) is 6.47. The third kappa shape index (κ3) is 3.18. The first kappa shape index (κ1) is 15.0. The number of halogens is 1. The molecule has 0 spiro atoms. The average Bonchev–Trinajstić information content (AvgIpc) is 2.40. The van der Waals surface area contributed by atoms with E-state index in [0.717, 1.165) is 4.90 Å². The van der Waals surface area contributed by atoms with E-state index in [-0.39, 0.29) is 18.7 Å². The smallest absolute Gasteiger partial charge is 0.305 e. The van der Waals surface area contributed by atoms with Crippen molar-refractivity contribution in [2.24, 2.45) is 0 Å². The first-order valence-corrected chi connectivity index (χ1v) is 6.47. The molecule has 1 atom stereocenters. The van der Waals surface area contributed by atoms with Gasteiger partial charge in [0, 0.05) is 13.1 Å². The van der Waals surface area contributed by atoms with Gasteiger partial charge in [0.15, 0.2) is 0 Å². The van der Waals surface area contributed by atoms with Crippen LogP contribution < -0.4 is 5.32 Å². The fourth-order valence-corrected chi connectivity index (χ4v) is 2.27. The lowest BCUT2D eigenvalue weighted by atomic mass is 10.1. The van der Waals surface area contributed by atoms with Crippen LogP contribution in [0.4, 0.5) is 4.39 Å². The Labute approximate surface area is 120 Å². The van der Waals surface area contributed by atoms with Gasteiger partial charge in [0.2, 0.25) is 5.91 Å². The van der Waals surface area contributed by atoms with Gasteiger partial charge in [0.25, 0.3) is 5.91 Å². The second-order valence-corrected chi connectivity index (χ2v) is 4.89. The summed E-state index contributed by atoms with van der Waals surface area (Å²) in [6.45, 7) is 2.06. The zero-order valence-electron chi connectivity index (χ0n) is 11.4. The van der Waals surface area contributed by atoms with Crippen molar-refractivity contribution in [1.82, 2.24) is 10.2 Å². The van der Waals surface area contributed by atoms with E-state index in [4.69, 9.17) is 5.11 Å². The van der Waals surface area contributed by atoms with Gasteiger partial charge in [-0.2, -0.15) is 0 Å². The van der Waals surface area contributed by atoms with Gasteiger partial charge in [0.05, 0.1) is 12.0 Å². The van der Waals surface area contributed by atoms with E-state index in [2.05, 4.69) is 5.32 Å². The van der Waals surface area contributed by atoms with Gasteiger partial charge >= 0.3 is 5.97 Å². The minimum Gasteiger partial charge on any atom is -0.481 e. The molecule has 1 aromatic rings. The number of carbonyl (C=O) groups is 3. The first-order chi connectivity index (χ1) is 9.90. The molecule has 21 heavy (non-hydrogen) atoms. The molecule has 1 heterocycles. The number of piperazine rings is 1. The Hall–Kier alpha value is -2.44. The van der Waals surface area contributed by atoms with Gasteiger partial charge in [-0.05, 0) is 24.6 Å². The van der Waals surface area contributed by atoms with Crippen molar-refractivity contribution in [1.29, 1.82) is 0 Å². The van der Waals surface area contributed by atoms with Gasteiger partial charge in [-0.1, -0.05) is 6.07 Å². The van der Waals surface area contributed by atoms with Crippen LogP contribution in [0.5, 0.6) is 0 Å². The highest BCUT2D eigenvalue weighted by molar-refractivity contribution is 5.99. The highest BCUT2D eigenvalue weighted by Crippen LogP contribution is 2.17. The number of benzene rings is 1. The van der Waals surface area contributed by atoms with Crippen LogP contribution in [0.25, 0.3) is 0 Å². The maximum absolute atomic E-state index is 13.9. The summed E-state index contributed by atoms with van der Waals surface area (Å²) in [6.07, 6.45) is -0.509.